The van der Waals surface area contributed by atoms with Gasteiger partial charge in [0.05, 0.1) is 26.8 Å². The lowest BCUT2D eigenvalue weighted by Gasteiger charge is -2.14. The molecule has 3 rings (SSSR count). The molecule has 0 spiro atoms. The molecule has 1 aromatic heterocycles. The number of H-pyrrole nitrogens is 1. The van der Waals surface area contributed by atoms with Gasteiger partial charge in [0.25, 0.3) is 5.91 Å². The molecule has 1 atom stereocenters. The van der Waals surface area contributed by atoms with Crippen LogP contribution < -0.4 is 24.8 Å². The molecule has 2 aromatic carbocycles. The van der Waals surface area contributed by atoms with Crippen LogP contribution in [0.1, 0.15) is 17.4 Å². The minimum Gasteiger partial charge on any atom is -0.497 e. The average Bonchev–Trinajstić information content (AvgIpc) is 3.18. The number of rotatable bonds is 7. The van der Waals surface area contributed by atoms with Crippen LogP contribution in [-0.4, -0.2) is 44.2 Å². The van der Waals surface area contributed by atoms with Crippen molar-refractivity contribution in [1.29, 1.82) is 0 Å². The molecule has 2 amide bonds. The quantitative estimate of drug-likeness (QED) is 0.569. The van der Waals surface area contributed by atoms with E-state index >= 15 is 0 Å². The van der Waals surface area contributed by atoms with Crippen molar-refractivity contribution < 1.29 is 23.8 Å². The van der Waals surface area contributed by atoms with E-state index in [1.165, 1.54) is 0 Å². The zero-order valence-electron chi connectivity index (χ0n) is 16.7. The van der Waals surface area contributed by atoms with Crippen molar-refractivity contribution in [1.82, 2.24) is 10.3 Å². The van der Waals surface area contributed by atoms with E-state index in [1.54, 1.807) is 70.7 Å². The lowest BCUT2D eigenvalue weighted by Crippen LogP contribution is -2.41. The first-order chi connectivity index (χ1) is 14.0. The van der Waals surface area contributed by atoms with Crippen LogP contribution >= 0.6 is 0 Å². The van der Waals surface area contributed by atoms with Gasteiger partial charge in [0, 0.05) is 17.1 Å². The summed E-state index contributed by atoms with van der Waals surface area (Å²) in [6.07, 6.45) is 0. The number of aromatic nitrogens is 1. The third kappa shape index (κ3) is 4.26. The summed E-state index contributed by atoms with van der Waals surface area (Å²) in [5, 5.41) is 6.15. The molecular formula is C21H23N3O5. The van der Waals surface area contributed by atoms with Gasteiger partial charge in [-0.15, -0.1) is 0 Å². The Bertz CT molecular complexity index is 1000. The van der Waals surface area contributed by atoms with E-state index in [9.17, 15) is 9.59 Å². The highest BCUT2D eigenvalue weighted by Gasteiger charge is 2.20. The lowest BCUT2D eigenvalue weighted by atomic mass is 10.2. The number of ether oxygens (including phenoxy) is 3. The number of hydrogen-bond donors (Lipinski definition) is 3. The fraction of sp³-hybridized carbons (Fsp3) is 0.238. The SMILES string of the molecule is COc1cccc(NC(=O)[C@H](C)NC(=O)c2cc3c(OC)ccc(OC)c3[nH]2)c1. The van der Waals surface area contributed by atoms with Crippen LogP contribution in [0.15, 0.2) is 42.5 Å². The summed E-state index contributed by atoms with van der Waals surface area (Å²) in [4.78, 5) is 28.1. The van der Waals surface area contributed by atoms with E-state index in [2.05, 4.69) is 15.6 Å². The lowest BCUT2D eigenvalue weighted by molar-refractivity contribution is -0.117. The highest BCUT2D eigenvalue weighted by Crippen LogP contribution is 2.33. The number of fused-ring (bicyclic) bond motifs is 1. The second kappa shape index (κ2) is 8.55. The number of anilines is 1. The predicted molar refractivity (Wildman–Crippen MR) is 110 cm³/mol. The second-order valence-corrected chi connectivity index (χ2v) is 6.36. The van der Waals surface area contributed by atoms with Gasteiger partial charge < -0.3 is 29.8 Å². The normalized spacial score (nSPS) is 11.6. The molecule has 0 aliphatic carbocycles. The Morgan fingerprint density at radius 1 is 0.966 bits per heavy atom. The summed E-state index contributed by atoms with van der Waals surface area (Å²) >= 11 is 0. The third-order valence-corrected chi connectivity index (χ3v) is 4.48. The summed E-state index contributed by atoms with van der Waals surface area (Å²) in [7, 11) is 4.65. The Morgan fingerprint density at radius 2 is 1.69 bits per heavy atom. The molecule has 152 valence electrons. The Kier molecular flexibility index (Phi) is 5.92. The van der Waals surface area contributed by atoms with Gasteiger partial charge in [-0.3, -0.25) is 9.59 Å². The number of methoxy groups -OCH3 is 3. The van der Waals surface area contributed by atoms with Crippen LogP contribution in [0.2, 0.25) is 0 Å². The monoisotopic (exact) mass is 397 g/mol. The van der Waals surface area contributed by atoms with Crippen molar-refractivity contribution in [2.24, 2.45) is 0 Å². The van der Waals surface area contributed by atoms with Gasteiger partial charge in [-0.2, -0.15) is 0 Å². The Morgan fingerprint density at radius 3 is 2.38 bits per heavy atom. The van der Waals surface area contributed by atoms with Crippen molar-refractivity contribution in [2.45, 2.75) is 13.0 Å². The van der Waals surface area contributed by atoms with Crippen LogP contribution in [0.5, 0.6) is 17.2 Å². The molecule has 0 radical (unpaired) electrons. The van der Waals surface area contributed by atoms with E-state index in [1.807, 2.05) is 0 Å². The van der Waals surface area contributed by atoms with Crippen LogP contribution in [0.25, 0.3) is 10.9 Å². The second-order valence-electron chi connectivity index (χ2n) is 6.36. The van der Waals surface area contributed by atoms with Crippen LogP contribution in [-0.2, 0) is 4.79 Å². The Hall–Kier alpha value is -3.68. The smallest absolute Gasteiger partial charge is 0.268 e. The van der Waals surface area contributed by atoms with E-state index in [4.69, 9.17) is 14.2 Å². The fourth-order valence-corrected chi connectivity index (χ4v) is 2.93. The van der Waals surface area contributed by atoms with Gasteiger partial charge in [0.2, 0.25) is 5.91 Å². The maximum absolute atomic E-state index is 12.7. The van der Waals surface area contributed by atoms with Crippen molar-refractivity contribution in [3.05, 3.63) is 48.2 Å². The fourth-order valence-electron chi connectivity index (χ4n) is 2.93. The Balaban J connectivity index is 1.74. The molecule has 0 unspecified atom stereocenters. The van der Waals surface area contributed by atoms with Crippen LogP contribution in [0, 0.1) is 0 Å². The molecule has 0 aliphatic rings. The molecule has 29 heavy (non-hydrogen) atoms. The number of amides is 2. The number of benzene rings is 2. The van der Waals surface area contributed by atoms with Gasteiger partial charge in [-0.05, 0) is 37.3 Å². The zero-order valence-corrected chi connectivity index (χ0v) is 16.7. The van der Waals surface area contributed by atoms with E-state index in [0.29, 0.717) is 39.5 Å². The molecule has 0 saturated carbocycles. The van der Waals surface area contributed by atoms with Crippen LogP contribution in [0.3, 0.4) is 0 Å². The minimum atomic E-state index is -0.760. The van der Waals surface area contributed by atoms with Gasteiger partial charge in [-0.1, -0.05) is 6.07 Å². The molecule has 0 bridgehead atoms. The summed E-state index contributed by atoms with van der Waals surface area (Å²) in [5.41, 5.74) is 1.52. The molecule has 0 fully saturated rings. The van der Waals surface area contributed by atoms with Crippen LogP contribution in [0.4, 0.5) is 5.69 Å². The highest BCUT2D eigenvalue weighted by molar-refractivity contribution is 6.04. The topological polar surface area (TPSA) is 102 Å². The van der Waals surface area contributed by atoms with Crippen molar-refractivity contribution in [2.75, 3.05) is 26.6 Å². The van der Waals surface area contributed by atoms with Crippen molar-refractivity contribution in [3.8, 4) is 17.2 Å². The number of aromatic amines is 1. The number of carbonyl (C=O) groups excluding carboxylic acids is 2. The number of nitrogens with one attached hydrogen (secondary N) is 3. The first kappa shape index (κ1) is 20.1. The van der Waals surface area contributed by atoms with E-state index in [0.717, 1.165) is 0 Å². The third-order valence-electron chi connectivity index (χ3n) is 4.48. The number of carbonyl (C=O) groups is 2. The molecule has 3 aromatic rings. The maximum atomic E-state index is 12.7. The molecule has 8 nitrogen and oxygen atoms in total. The maximum Gasteiger partial charge on any atom is 0.268 e. The van der Waals surface area contributed by atoms with E-state index < -0.39 is 11.9 Å². The standard InChI is InChI=1S/C21H23N3O5/c1-12(20(25)23-13-6-5-7-14(10-13)27-2)22-21(26)16-11-15-17(28-3)8-9-18(29-4)19(15)24-16/h5-12,24H,1-4H3,(H,22,26)(H,23,25)/t12-/m0/s1. The summed E-state index contributed by atoms with van der Waals surface area (Å²) in [5.74, 6) is 1.06. The molecule has 0 saturated heterocycles. The van der Waals surface area contributed by atoms with Gasteiger partial charge in [-0.25, -0.2) is 0 Å². The van der Waals surface area contributed by atoms with Crippen molar-refractivity contribution >= 4 is 28.4 Å². The zero-order chi connectivity index (χ0) is 21.0. The summed E-state index contributed by atoms with van der Waals surface area (Å²) < 4.78 is 15.8. The van der Waals surface area contributed by atoms with E-state index in [-0.39, 0.29) is 5.91 Å². The first-order valence-electron chi connectivity index (χ1n) is 8.96. The molecule has 0 aliphatic heterocycles. The summed E-state index contributed by atoms with van der Waals surface area (Å²) in [6, 6.07) is 11.4. The predicted octanol–water partition coefficient (Wildman–Crippen LogP) is 2.95. The first-order valence-corrected chi connectivity index (χ1v) is 8.96. The van der Waals surface area contributed by atoms with Gasteiger partial charge in [0.15, 0.2) is 0 Å². The van der Waals surface area contributed by atoms with Gasteiger partial charge >= 0.3 is 0 Å². The Labute approximate surface area is 168 Å². The molecular weight excluding hydrogens is 374 g/mol. The molecule has 3 N–H and O–H groups in total. The van der Waals surface area contributed by atoms with Crippen molar-refractivity contribution in [3.63, 3.8) is 0 Å². The average molecular weight is 397 g/mol. The molecule has 8 heteroatoms. The minimum absolute atomic E-state index is 0.295. The highest BCUT2D eigenvalue weighted by atomic mass is 16.5. The van der Waals surface area contributed by atoms with Gasteiger partial charge in [0.1, 0.15) is 29.0 Å². The molecule has 1 heterocycles. The summed E-state index contributed by atoms with van der Waals surface area (Å²) in [6.45, 7) is 1.61. The largest absolute Gasteiger partial charge is 0.497 e. The number of hydrogen-bond acceptors (Lipinski definition) is 5.